The Kier molecular flexibility index (Phi) is 8.95. The molecule has 0 amide bonds. The third-order valence-electron chi connectivity index (χ3n) is 15.0. The molecule has 0 spiro atoms. The molecule has 342 valence electrons. The maximum absolute atomic E-state index is 11.4. The van der Waals surface area contributed by atoms with Crippen molar-refractivity contribution in [3.8, 4) is 51.3 Å². The summed E-state index contributed by atoms with van der Waals surface area (Å²) in [7, 11) is 0. The number of fused-ring (bicyclic) bond motifs is 12. The van der Waals surface area contributed by atoms with Crippen molar-refractivity contribution >= 4 is 92.9 Å². The minimum Gasteiger partial charge on any atom is -0.311 e. The number of rotatable bonds is 6. The van der Waals surface area contributed by atoms with E-state index in [4.69, 9.17) is 11.6 Å². The summed E-state index contributed by atoms with van der Waals surface area (Å²) in [5, 5.41) is 20.4. The normalized spacial score (nSPS) is 11.8. The van der Waals surface area contributed by atoms with Crippen LogP contribution < -0.4 is 0 Å². The molecule has 0 radical (unpaired) electrons. The summed E-state index contributed by atoms with van der Waals surface area (Å²) in [6.07, 6.45) is 0. The van der Waals surface area contributed by atoms with Gasteiger partial charge < -0.3 is 9.13 Å². The van der Waals surface area contributed by atoms with Gasteiger partial charge in [-0.25, -0.2) is 9.83 Å². The van der Waals surface area contributed by atoms with Crippen LogP contribution in [0.4, 0.5) is 5.69 Å². The van der Waals surface area contributed by atoms with E-state index in [1.807, 2.05) is 12.1 Å². The molecule has 5 aromatic heterocycles. The number of nitriles is 1. The van der Waals surface area contributed by atoms with Gasteiger partial charge in [-0.3, -0.25) is 9.13 Å². The maximum Gasteiger partial charge on any atom is 0.197 e. The fourth-order valence-electron chi connectivity index (χ4n) is 11.9. The van der Waals surface area contributed by atoms with Gasteiger partial charge in [-0.15, -0.1) is 0 Å². The van der Waals surface area contributed by atoms with Crippen LogP contribution in [-0.4, -0.2) is 23.3 Å². The molecule has 0 bridgehead atoms. The Morgan fingerprint density at radius 1 is 0.324 bits per heavy atom. The Morgan fingerprint density at radius 2 is 0.622 bits per heavy atom. The highest BCUT2D eigenvalue weighted by atomic mass is 15.1. The van der Waals surface area contributed by atoms with Crippen molar-refractivity contribution < 1.29 is 0 Å². The molecule has 7 heteroatoms. The Hall–Kier alpha value is -10.5. The second kappa shape index (κ2) is 16.0. The van der Waals surface area contributed by atoms with E-state index in [-0.39, 0.29) is 0 Å². The summed E-state index contributed by atoms with van der Waals surface area (Å²) in [6, 6.07) is 84.9. The molecule has 0 aliphatic carbocycles. The molecule has 10 aromatic carbocycles. The topological polar surface area (TPSA) is 60.8 Å². The fraction of sp³-hybridized carbons (Fsp3) is 0. The van der Waals surface area contributed by atoms with Gasteiger partial charge in [-0.1, -0.05) is 158 Å². The van der Waals surface area contributed by atoms with Crippen molar-refractivity contribution in [2.24, 2.45) is 0 Å². The summed E-state index contributed by atoms with van der Waals surface area (Å²) in [5.74, 6) is 1.33. The number of benzene rings is 10. The van der Waals surface area contributed by atoms with Crippen LogP contribution in [0.2, 0.25) is 0 Å². The zero-order valence-electron chi connectivity index (χ0n) is 39.6. The van der Waals surface area contributed by atoms with Crippen LogP contribution in [0.15, 0.2) is 237 Å². The predicted octanol–water partition coefficient (Wildman–Crippen LogP) is 17.2. The largest absolute Gasteiger partial charge is 0.311 e. The quantitative estimate of drug-likeness (QED) is 0.156. The zero-order valence-corrected chi connectivity index (χ0v) is 39.6. The highest BCUT2D eigenvalue weighted by molar-refractivity contribution is 6.13. The van der Waals surface area contributed by atoms with Gasteiger partial charge in [-0.05, 0) is 84.4 Å². The van der Waals surface area contributed by atoms with E-state index in [2.05, 4.69) is 254 Å². The first-order chi connectivity index (χ1) is 36.7. The Labute approximate surface area is 424 Å². The molecule has 7 nitrogen and oxygen atoms in total. The minimum absolute atomic E-state index is 0.478. The van der Waals surface area contributed by atoms with Gasteiger partial charge in [0.05, 0.1) is 62.3 Å². The third-order valence-corrected chi connectivity index (χ3v) is 15.0. The Morgan fingerprint density at radius 3 is 0.959 bits per heavy atom. The van der Waals surface area contributed by atoms with Crippen molar-refractivity contribution in [3.05, 3.63) is 254 Å². The van der Waals surface area contributed by atoms with E-state index in [9.17, 15) is 5.26 Å². The molecule has 15 aromatic rings. The average Bonchev–Trinajstić information content (AvgIpc) is 4.20. The van der Waals surface area contributed by atoms with Gasteiger partial charge in [0.1, 0.15) is 11.6 Å². The summed E-state index contributed by atoms with van der Waals surface area (Å²) in [5.41, 5.74) is 13.9. The van der Waals surface area contributed by atoms with Crippen LogP contribution >= 0.6 is 0 Å². The zero-order chi connectivity index (χ0) is 49.0. The van der Waals surface area contributed by atoms with Crippen molar-refractivity contribution in [2.45, 2.75) is 0 Å². The molecule has 0 saturated heterocycles. The lowest BCUT2D eigenvalue weighted by molar-refractivity contribution is 1.02. The summed E-state index contributed by atoms with van der Waals surface area (Å²) < 4.78 is 9.01. The highest BCUT2D eigenvalue weighted by Crippen LogP contribution is 2.46. The number of hydrogen-bond acceptors (Lipinski definition) is 2. The van der Waals surface area contributed by atoms with E-state index >= 15 is 0 Å². The molecule has 0 fully saturated rings. The molecule has 0 aliphatic heterocycles. The SMILES string of the molecule is [C-]#[N+]c1cc(-n2c3ccccc3c3ccccc32)ccc1-c1cc(-c2ccc(-n3c4ccccc4c4ccccc43)cc2C#N)c(-n2c3ccccc3c3ccccc32)nc1-n1c2ccccc2c2ccccc21. The van der Waals surface area contributed by atoms with Crippen LogP contribution in [0, 0.1) is 17.9 Å². The standard InChI is InChI=1S/C67H39N7/c1-69-57-39-44(72-60-28-12-4-20-49(60)50-21-5-13-29-61(50)72)35-37-46(57)56-40-55(45-36-34-43(38-42(45)41-68)71-58-26-10-2-18-47(58)48-19-3-11-27-59(48)71)66(73-62-30-14-6-22-51(62)52-23-7-15-31-63(52)73)70-67(56)74-64-32-16-8-24-53(64)54-25-9-17-33-65(54)74/h2-40H. The van der Waals surface area contributed by atoms with Crippen LogP contribution in [0.5, 0.6) is 0 Å². The van der Waals surface area contributed by atoms with Gasteiger partial charge >= 0.3 is 0 Å². The average molecular weight is 942 g/mol. The Bertz CT molecular complexity index is 4430. The second-order valence-corrected chi connectivity index (χ2v) is 18.9. The summed E-state index contributed by atoms with van der Waals surface area (Å²) in [6.45, 7) is 8.95. The molecular formula is C67H39N7. The van der Waals surface area contributed by atoms with Gasteiger partial charge in [-0.2, -0.15) is 5.26 Å². The maximum atomic E-state index is 11.4. The van der Waals surface area contributed by atoms with E-state index in [1.165, 1.54) is 0 Å². The van der Waals surface area contributed by atoms with Crippen molar-refractivity contribution in [1.82, 2.24) is 23.3 Å². The van der Waals surface area contributed by atoms with Gasteiger partial charge in [0, 0.05) is 71.2 Å². The molecule has 0 atom stereocenters. The van der Waals surface area contributed by atoms with E-state index < -0.39 is 0 Å². The molecule has 0 unspecified atom stereocenters. The Balaban J connectivity index is 1.07. The number of nitrogens with zero attached hydrogens (tertiary/aromatic N) is 7. The number of pyridine rings is 1. The molecule has 0 aliphatic rings. The van der Waals surface area contributed by atoms with E-state index in [1.54, 1.807) is 0 Å². The summed E-state index contributed by atoms with van der Waals surface area (Å²) in [4.78, 5) is 10.3. The van der Waals surface area contributed by atoms with Crippen molar-refractivity contribution in [3.63, 3.8) is 0 Å². The van der Waals surface area contributed by atoms with Gasteiger partial charge in [0.15, 0.2) is 5.69 Å². The van der Waals surface area contributed by atoms with E-state index in [0.29, 0.717) is 22.9 Å². The lowest BCUT2D eigenvalue weighted by Gasteiger charge is -2.21. The fourth-order valence-corrected chi connectivity index (χ4v) is 11.9. The molecule has 15 rings (SSSR count). The van der Waals surface area contributed by atoms with E-state index in [0.717, 1.165) is 121 Å². The lowest BCUT2D eigenvalue weighted by atomic mass is 9.95. The van der Waals surface area contributed by atoms with Gasteiger partial charge in [0.25, 0.3) is 0 Å². The smallest absolute Gasteiger partial charge is 0.197 e. The van der Waals surface area contributed by atoms with Crippen molar-refractivity contribution in [2.75, 3.05) is 0 Å². The van der Waals surface area contributed by atoms with Crippen LogP contribution in [0.25, 0.3) is 137 Å². The second-order valence-electron chi connectivity index (χ2n) is 18.9. The van der Waals surface area contributed by atoms with Crippen LogP contribution in [-0.2, 0) is 0 Å². The summed E-state index contributed by atoms with van der Waals surface area (Å²) >= 11 is 0. The highest BCUT2D eigenvalue weighted by Gasteiger charge is 2.27. The third kappa shape index (κ3) is 5.90. The molecule has 0 saturated carbocycles. The molecular weight excluding hydrogens is 903 g/mol. The van der Waals surface area contributed by atoms with Crippen LogP contribution in [0.3, 0.4) is 0 Å². The number of aromatic nitrogens is 5. The monoisotopic (exact) mass is 941 g/mol. The molecule has 0 N–H and O–H groups in total. The van der Waals surface area contributed by atoms with Gasteiger partial charge in [0.2, 0.25) is 0 Å². The first-order valence-corrected chi connectivity index (χ1v) is 24.7. The first kappa shape index (κ1) is 41.3. The van der Waals surface area contributed by atoms with Crippen molar-refractivity contribution in [1.29, 1.82) is 5.26 Å². The number of hydrogen-bond donors (Lipinski definition) is 0. The molecule has 74 heavy (non-hydrogen) atoms. The van der Waals surface area contributed by atoms with Crippen LogP contribution in [0.1, 0.15) is 5.56 Å². The minimum atomic E-state index is 0.478. The predicted molar refractivity (Wildman–Crippen MR) is 303 cm³/mol. The lowest BCUT2D eigenvalue weighted by Crippen LogP contribution is -2.08. The molecule has 5 heterocycles. The first-order valence-electron chi connectivity index (χ1n) is 24.7. The number of para-hydroxylation sites is 8.